The Labute approximate surface area is 446 Å². The van der Waals surface area contributed by atoms with Crippen LogP contribution in [-0.4, -0.2) is 92.6 Å². The van der Waals surface area contributed by atoms with Crippen molar-refractivity contribution < 1.29 is 49.5 Å². The van der Waals surface area contributed by atoms with Crippen molar-refractivity contribution in [2.45, 2.75) is 152 Å². The summed E-state index contributed by atoms with van der Waals surface area (Å²) in [5.41, 5.74) is 7.38. The van der Waals surface area contributed by atoms with E-state index in [0.717, 1.165) is 76.7 Å². The van der Waals surface area contributed by atoms with Crippen LogP contribution in [0.2, 0.25) is 0 Å². The number of nitrogens with two attached hydrogens (primary N) is 1. The molecule has 406 valence electrons. The highest BCUT2D eigenvalue weighted by atomic mass is 32.2. The van der Waals surface area contributed by atoms with E-state index < -0.39 is 20.0 Å². The summed E-state index contributed by atoms with van der Waals surface area (Å²) in [7, 11) is -7.44. The van der Waals surface area contributed by atoms with Gasteiger partial charge in [0.25, 0.3) is 6.01 Å². The number of carbonyl (C=O) groups is 3. The Morgan fingerprint density at radius 1 is 0.680 bits per heavy atom. The number of anilines is 1. The number of rotatable bonds is 18. The van der Waals surface area contributed by atoms with Crippen LogP contribution in [0.1, 0.15) is 137 Å². The summed E-state index contributed by atoms with van der Waals surface area (Å²) >= 11 is 3.02. The van der Waals surface area contributed by atoms with Crippen LogP contribution in [0.25, 0.3) is 20.9 Å². The zero-order valence-electron chi connectivity index (χ0n) is 42.9. The highest BCUT2D eigenvalue weighted by Crippen LogP contribution is 2.41. The van der Waals surface area contributed by atoms with Gasteiger partial charge in [-0.05, 0) is 103 Å². The van der Waals surface area contributed by atoms with Crippen LogP contribution in [0.15, 0.2) is 92.3 Å². The molecule has 2 saturated carbocycles. The van der Waals surface area contributed by atoms with Crippen LogP contribution in [0.3, 0.4) is 0 Å². The molecule has 6 aromatic rings. The summed E-state index contributed by atoms with van der Waals surface area (Å²) in [5.74, 6) is 1.16. The van der Waals surface area contributed by atoms with Gasteiger partial charge in [0, 0.05) is 72.5 Å². The Morgan fingerprint density at radius 3 is 1.57 bits per heavy atom. The summed E-state index contributed by atoms with van der Waals surface area (Å²) in [4.78, 5) is 53.7. The van der Waals surface area contributed by atoms with Crippen molar-refractivity contribution in [3.8, 4) is 20.9 Å². The highest BCUT2D eigenvalue weighted by Gasteiger charge is 2.30. The molecule has 6 N–H and O–H groups in total. The number of benzene rings is 2. The van der Waals surface area contributed by atoms with E-state index in [2.05, 4.69) is 44.4 Å². The van der Waals surface area contributed by atoms with Gasteiger partial charge in [0.05, 0.1) is 54.2 Å². The zero-order chi connectivity index (χ0) is 54.1. The van der Waals surface area contributed by atoms with E-state index in [-0.39, 0.29) is 70.7 Å². The van der Waals surface area contributed by atoms with E-state index >= 15 is 0 Å². The summed E-state index contributed by atoms with van der Waals surface area (Å²) in [6, 6.07) is 10.6. The molecule has 75 heavy (non-hydrogen) atoms. The smallest absolute Gasteiger partial charge is 0.407 e. The third-order valence-corrected chi connectivity index (χ3v) is 17.6. The fourth-order valence-electron chi connectivity index (χ4n) is 8.58. The molecule has 0 unspecified atom stereocenters. The number of hydrogen-bond acceptors (Lipinski definition) is 18. The number of aromatic nitrogens is 4. The standard InChI is InChI=1S/C26H34N4O5S2.C22H29N3O5S2.C3H4N2O/c1-4-29-37(32,33)23-15-18(6-12-24-27-13-14-34-24)5-11-21(23)22-16-28-25(36-22)19-7-9-20(10-8-19)30-26(31)35-17(2)3;1-4-24-32(28,29)20-11-15(13-26)5-10-18(20)19-12-23-21(31-19)16-6-8-17(9-7-16)25-22(27)30-14(2)3;4-3-5-1-2-6-3/h5,11,13-17,19-20,29H,4,6-10,12H2,1-3H3,(H,30,31);5,10-14,16-17,24H,4,6-9H2,1-3H3,(H,25,27);1-2H,(H2,4,5). The molecule has 4 aromatic heterocycles. The maximum absolute atomic E-state index is 13.1. The highest BCUT2D eigenvalue weighted by molar-refractivity contribution is 7.90. The number of ether oxygens (including phenoxy) is 2. The lowest BCUT2D eigenvalue weighted by Crippen LogP contribution is -2.38. The predicted octanol–water partition coefficient (Wildman–Crippen LogP) is 9.38. The predicted molar refractivity (Wildman–Crippen MR) is 287 cm³/mol. The van der Waals surface area contributed by atoms with Crippen molar-refractivity contribution in [3.05, 3.63) is 101 Å². The van der Waals surface area contributed by atoms with E-state index in [9.17, 15) is 31.2 Å². The van der Waals surface area contributed by atoms with Gasteiger partial charge >= 0.3 is 12.2 Å². The number of aldehydes is 1. The van der Waals surface area contributed by atoms with Crippen LogP contribution in [0, 0.1) is 0 Å². The molecule has 2 aromatic carbocycles. The van der Waals surface area contributed by atoms with Gasteiger partial charge in [-0.1, -0.05) is 38.1 Å². The Kier molecular flexibility index (Phi) is 21.5. The first-order valence-corrected chi connectivity index (χ1v) is 29.6. The molecule has 2 aliphatic carbocycles. The number of hydrogen-bond donors (Lipinski definition) is 5. The fourth-order valence-corrected chi connectivity index (χ4v) is 13.6. The molecule has 20 nitrogen and oxygen atoms in total. The number of nitrogens with one attached hydrogen (secondary N) is 4. The average molecular weight is 1110 g/mol. The number of oxazole rings is 2. The van der Waals surface area contributed by atoms with Crippen molar-refractivity contribution in [1.82, 2.24) is 40.0 Å². The number of carbonyl (C=O) groups excluding carboxylic acids is 3. The normalized spacial score (nSPS) is 17.8. The Morgan fingerprint density at radius 2 is 1.16 bits per heavy atom. The molecule has 0 aliphatic heterocycles. The van der Waals surface area contributed by atoms with E-state index in [1.807, 2.05) is 39.8 Å². The van der Waals surface area contributed by atoms with Gasteiger partial charge in [-0.15, -0.1) is 22.7 Å². The number of thiazole rings is 2. The summed E-state index contributed by atoms with van der Waals surface area (Å²) in [6.07, 6.45) is 17.3. The number of aryl methyl sites for hydroxylation is 2. The quantitative estimate of drug-likeness (QED) is 0.0501. The summed E-state index contributed by atoms with van der Waals surface area (Å²) in [6.45, 7) is 11.3. The number of alkyl carbamates (subject to hydrolysis) is 2. The van der Waals surface area contributed by atoms with Gasteiger partial charge in [0.15, 0.2) is 5.89 Å². The SMILES string of the molecule is CCNS(=O)(=O)c1cc(C=O)ccc1-c1cnc(C2CCC(NC(=O)OC(C)C)CC2)s1.CCNS(=O)(=O)c1cc(CCc2ncco2)ccc1-c1cnc(C2CCC(NC(=O)OC(C)C)CC2)s1.Nc1ncco1. The van der Waals surface area contributed by atoms with Crippen molar-refractivity contribution in [3.63, 3.8) is 0 Å². The van der Waals surface area contributed by atoms with Crippen molar-refractivity contribution >= 4 is 67.2 Å². The Hall–Kier alpha value is -6.05. The first kappa shape index (κ1) is 58.2. The van der Waals surface area contributed by atoms with Gasteiger partial charge in [-0.25, -0.2) is 55.8 Å². The summed E-state index contributed by atoms with van der Waals surface area (Å²) < 4.78 is 76.9. The maximum Gasteiger partial charge on any atom is 0.407 e. The van der Waals surface area contributed by atoms with E-state index in [1.165, 1.54) is 36.1 Å². The van der Waals surface area contributed by atoms with Crippen LogP contribution in [0.4, 0.5) is 15.6 Å². The molecule has 0 atom stereocenters. The average Bonchev–Trinajstić information content (AvgIpc) is 4.24. The largest absolute Gasteiger partial charge is 0.449 e. The van der Waals surface area contributed by atoms with Crippen molar-refractivity contribution in [1.29, 1.82) is 0 Å². The molecule has 0 bridgehead atoms. The third kappa shape index (κ3) is 17.2. The molecule has 0 spiro atoms. The van der Waals surface area contributed by atoms with Gasteiger partial charge in [0.2, 0.25) is 20.0 Å². The minimum absolute atomic E-state index is 0.0794. The van der Waals surface area contributed by atoms with Gasteiger partial charge in [-0.3, -0.25) is 4.79 Å². The zero-order valence-corrected chi connectivity index (χ0v) is 46.2. The third-order valence-electron chi connectivity index (χ3n) is 12.1. The molecule has 0 radical (unpaired) electrons. The topological polar surface area (TPSA) is 290 Å². The Balaban J connectivity index is 0.000000221. The second-order valence-electron chi connectivity index (χ2n) is 18.4. The van der Waals surface area contributed by atoms with Gasteiger partial charge in [0.1, 0.15) is 18.8 Å². The first-order valence-electron chi connectivity index (χ1n) is 25.0. The van der Waals surface area contributed by atoms with Crippen LogP contribution < -0.4 is 25.8 Å². The molecule has 24 heteroatoms. The minimum Gasteiger partial charge on any atom is -0.449 e. The second-order valence-corrected chi connectivity index (χ2v) is 24.0. The molecule has 2 fully saturated rings. The molecular weight excluding hydrogens is 1040 g/mol. The van der Waals surface area contributed by atoms with Gasteiger partial charge < -0.3 is 34.7 Å². The lowest BCUT2D eigenvalue weighted by atomic mass is 9.86. The summed E-state index contributed by atoms with van der Waals surface area (Å²) in [5, 5.41) is 7.82. The van der Waals surface area contributed by atoms with Crippen molar-refractivity contribution in [2.75, 3.05) is 18.8 Å². The lowest BCUT2D eigenvalue weighted by Gasteiger charge is -2.28. The van der Waals surface area contributed by atoms with Crippen LogP contribution in [0.5, 0.6) is 0 Å². The fraction of sp³-hybridized carbons (Fsp3) is 0.471. The number of nitrogens with zero attached hydrogens (tertiary/aromatic N) is 4. The van der Waals surface area contributed by atoms with Gasteiger partial charge in [-0.2, -0.15) is 0 Å². The molecule has 2 aliphatic rings. The molecule has 2 amide bonds. The first-order chi connectivity index (χ1) is 35.9. The maximum atomic E-state index is 13.1. The molecule has 0 saturated heterocycles. The number of sulfonamides is 2. The molecular formula is C51H67N9O11S4. The number of amides is 2. The van der Waals surface area contributed by atoms with Crippen molar-refractivity contribution in [2.24, 2.45) is 0 Å². The van der Waals surface area contributed by atoms with Crippen LogP contribution >= 0.6 is 22.7 Å². The molecule has 8 rings (SSSR count). The van der Waals surface area contributed by atoms with E-state index in [1.54, 1.807) is 62.0 Å². The Bertz CT molecular complexity index is 2980. The monoisotopic (exact) mass is 1110 g/mol. The van der Waals surface area contributed by atoms with E-state index in [0.29, 0.717) is 48.3 Å². The minimum atomic E-state index is -3.75. The van der Waals surface area contributed by atoms with Crippen LogP contribution in [-0.2, 0) is 42.4 Å². The lowest BCUT2D eigenvalue weighted by molar-refractivity contribution is 0.108. The second kappa shape index (κ2) is 27.7. The number of nitrogen functional groups attached to an aromatic ring is 1. The molecule has 4 heterocycles. The van der Waals surface area contributed by atoms with E-state index in [4.69, 9.17) is 19.6 Å².